The molecule has 0 bridgehead atoms. The number of hydrogen-bond acceptors (Lipinski definition) is 6. The van der Waals surface area contributed by atoms with Gasteiger partial charge in [0.1, 0.15) is 17.2 Å². The minimum Gasteiger partial charge on any atom is -0.497 e. The van der Waals surface area contributed by atoms with Gasteiger partial charge in [0.15, 0.2) is 6.10 Å². The van der Waals surface area contributed by atoms with Gasteiger partial charge in [0.25, 0.3) is 15.9 Å². The number of rotatable bonds is 8. The smallest absolute Gasteiger partial charge is 0.264 e. The lowest BCUT2D eigenvalue weighted by Gasteiger charge is -2.35. The fraction of sp³-hybridized carbons (Fsp3) is 0.321. The van der Waals surface area contributed by atoms with Crippen LogP contribution >= 0.6 is 0 Å². The van der Waals surface area contributed by atoms with Gasteiger partial charge < -0.3 is 19.5 Å². The number of benzene rings is 3. The van der Waals surface area contributed by atoms with E-state index in [1.807, 2.05) is 45.0 Å². The number of nitrogens with one attached hydrogen (secondary N) is 1. The second-order valence-electron chi connectivity index (χ2n) is 8.99. The summed E-state index contributed by atoms with van der Waals surface area (Å²) >= 11 is 0. The minimum atomic E-state index is -3.98. The highest BCUT2D eigenvalue weighted by atomic mass is 32.2. The van der Waals surface area contributed by atoms with Crippen LogP contribution in [0.1, 0.15) is 36.1 Å². The van der Waals surface area contributed by atoms with Gasteiger partial charge in [-0.2, -0.15) is 0 Å². The third kappa shape index (κ3) is 5.36. The van der Waals surface area contributed by atoms with Crippen LogP contribution in [-0.4, -0.2) is 41.2 Å². The Balaban J connectivity index is 1.64. The standard InChI is InChI=1S/C28H32N2O6S/c1-6-23(20-8-14-25(35-5)19(3)16-20)29-28(31)27-17-30(24-15-18(2)7-13-26(24)36-27)37(32,33)22-11-9-21(34-4)10-12-22/h7-16,23,27H,6,17H2,1-5H3,(H,29,31)/t23-,27-/m0/s1. The third-order valence-electron chi connectivity index (χ3n) is 6.47. The van der Waals surface area contributed by atoms with Gasteiger partial charge >= 0.3 is 0 Å². The molecule has 196 valence electrons. The number of methoxy groups -OCH3 is 2. The van der Waals surface area contributed by atoms with Crippen LogP contribution in [-0.2, 0) is 14.8 Å². The molecule has 4 rings (SSSR count). The summed E-state index contributed by atoms with van der Waals surface area (Å²) in [5, 5.41) is 3.04. The number of fused-ring (bicyclic) bond motifs is 1. The Morgan fingerprint density at radius 3 is 2.41 bits per heavy atom. The molecule has 1 aliphatic rings. The summed E-state index contributed by atoms with van der Waals surface area (Å²) < 4.78 is 45.2. The maximum atomic E-state index is 13.7. The maximum Gasteiger partial charge on any atom is 0.264 e. The van der Waals surface area contributed by atoms with Crippen molar-refractivity contribution in [2.75, 3.05) is 25.1 Å². The Hall–Kier alpha value is -3.72. The SMILES string of the molecule is CC[C@H](NC(=O)[C@@H]1CN(S(=O)(=O)c2ccc(OC)cc2)c2cc(C)ccc2O1)c1ccc(OC)c(C)c1. The summed E-state index contributed by atoms with van der Waals surface area (Å²) in [6.45, 7) is 5.64. The second kappa shape index (κ2) is 10.7. The Labute approximate surface area is 218 Å². The summed E-state index contributed by atoms with van der Waals surface area (Å²) in [7, 11) is -0.843. The molecule has 0 radical (unpaired) electrons. The molecule has 0 unspecified atom stereocenters. The number of ether oxygens (including phenoxy) is 3. The van der Waals surface area contributed by atoms with Crippen LogP contribution in [0.15, 0.2) is 65.6 Å². The molecular weight excluding hydrogens is 492 g/mol. The zero-order valence-corrected chi connectivity index (χ0v) is 22.5. The molecule has 0 saturated carbocycles. The molecule has 1 amide bonds. The molecule has 8 nitrogen and oxygen atoms in total. The Kier molecular flexibility index (Phi) is 7.63. The first-order valence-electron chi connectivity index (χ1n) is 12.1. The molecule has 3 aromatic rings. The van der Waals surface area contributed by atoms with E-state index in [1.165, 1.54) is 23.5 Å². The van der Waals surface area contributed by atoms with E-state index < -0.39 is 16.1 Å². The van der Waals surface area contributed by atoms with Gasteiger partial charge in [-0.15, -0.1) is 0 Å². The van der Waals surface area contributed by atoms with Crippen molar-refractivity contribution in [3.63, 3.8) is 0 Å². The number of anilines is 1. The molecule has 0 saturated heterocycles. The van der Waals surface area contributed by atoms with Crippen molar-refractivity contribution < 1.29 is 27.4 Å². The number of nitrogens with zero attached hydrogens (tertiary/aromatic N) is 1. The largest absolute Gasteiger partial charge is 0.497 e. The molecule has 0 aliphatic carbocycles. The highest BCUT2D eigenvalue weighted by molar-refractivity contribution is 7.92. The topological polar surface area (TPSA) is 94.2 Å². The molecule has 1 heterocycles. The monoisotopic (exact) mass is 524 g/mol. The predicted molar refractivity (Wildman–Crippen MR) is 142 cm³/mol. The third-order valence-corrected chi connectivity index (χ3v) is 8.26. The highest BCUT2D eigenvalue weighted by Crippen LogP contribution is 2.38. The lowest BCUT2D eigenvalue weighted by Crippen LogP contribution is -2.51. The summed E-state index contributed by atoms with van der Waals surface area (Å²) in [4.78, 5) is 13.5. The van der Waals surface area contributed by atoms with Crippen molar-refractivity contribution in [1.82, 2.24) is 5.32 Å². The van der Waals surface area contributed by atoms with E-state index in [4.69, 9.17) is 14.2 Å². The fourth-order valence-electron chi connectivity index (χ4n) is 4.40. The lowest BCUT2D eigenvalue weighted by molar-refractivity contribution is -0.128. The molecule has 3 aromatic carbocycles. The number of sulfonamides is 1. The van der Waals surface area contributed by atoms with Crippen molar-refractivity contribution in [3.05, 3.63) is 77.4 Å². The van der Waals surface area contributed by atoms with Crippen molar-refractivity contribution in [3.8, 4) is 17.2 Å². The van der Waals surface area contributed by atoms with Crippen LogP contribution in [0.3, 0.4) is 0 Å². The zero-order chi connectivity index (χ0) is 26.7. The Morgan fingerprint density at radius 2 is 1.78 bits per heavy atom. The molecule has 0 fully saturated rings. The van der Waals surface area contributed by atoms with Crippen LogP contribution in [0, 0.1) is 13.8 Å². The molecule has 0 spiro atoms. The van der Waals surface area contributed by atoms with Crippen LogP contribution in [0.2, 0.25) is 0 Å². The summed E-state index contributed by atoms with van der Waals surface area (Å²) in [5.41, 5.74) is 3.17. The van der Waals surface area contributed by atoms with Crippen LogP contribution in [0.25, 0.3) is 0 Å². The first-order chi connectivity index (χ1) is 17.7. The van der Waals surface area contributed by atoms with Crippen LogP contribution < -0.4 is 23.8 Å². The summed E-state index contributed by atoms with van der Waals surface area (Å²) in [6, 6.07) is 16.9. The van der Waals surface area contributed by atoms with Crippen LogP contribution in [0.4, 0.5) is 5.69 Å². The number of carbonyl (C=O) groups excluding carboxylic acids is 1. The van der Waals surface area contributed by atoms with Crippen molar-refractivity contribution in [2.45, 2.75) is 44.2 Å². The van der Waals surface area contributed by atoms with E-state index >= 15 is 0 Å². The van der Waals surface area contributed by atoms with Crippen LogP contribution in [0.5, 0.6) is 17.2 Å². The van der Waals surface area contributed by atoms with Crippen molar-refractivity contribution >= 4 is 21.6 Å². The number of aryl methyl sites for hydroxylation is 2. The van der Waals surface area contributed by atoms with E-state index in [9.17, 15) is 13.2 Å². The normalized spacial score (nSPS) is 15.8. The fourth-order valence-corrected chi connectivity index (χ4v) is 5.87. The van der Waals surface area contributed by atoms with E-state index in [0.717, 1.165) is 22.4 Å². The lowest BCUT2D eigenvalue weighted by atomic mass is 10.0. The number of hydrogen-bond donors (Lipinski definition) is 1. The van der Waals surface area contributed by atoms with Gasteiger partial charge in [-0.1, -0.05) is 25.1 Å². The maximum absolute atomic E-state index is 13.7. The zero-order valence-electron chi connectivity index (χ0n) is 21.6. The summed E-state index contributed by atoms with van der Waals surface area (Å²) in [6.07, 6.45) is -0.384. The first kappa shape index (κ1) is 26.3. The molecule has 37 heavy (non-hydrogen) atoms. The molecular formula is C28H32N2O6S. The van der Waals surface area contributed by atoms with Crippen molar-refractivity contribution in [2.24, 2.45) is 0 Å². The average molecular weight is 525 g/mol. The van der Waals surface area contributed by atoms with Gasteiger partial charge in [0.05, 0.1) is 37.4 Å². The molecule has 1 N–H and O–H groups in total. The molecule has 1 aliphatic heterocycles. The first-order valence-corrected chi connectivity index (χ1v) is 13.5. The average Bonchev–Trinajstić information content (AvgIpc) is 2.90. The number of amides is 1. The van der Waals surface area contributed by atoms with Gasteiger partial charge in [0.2, 0.25) is 0 Å². The molecule has 9 heteroatoms. The Bertz CT molecular complexity index is 1390. The number of carbonyl (C=O) groups is 1. The predicted octanol–water partition coefficient (Wildman–Crippen LogP) is 4.54. The van der Waals surface area contributed by atoms with Gasteiger partial charge in [-0.3, -0.25) is 9.10 Å². The Morgan fingerprint density at radius 1 is 1.05 bits per heavy atom. The van der Waals surface area contributed by atoms with E-state index in [1.54, 1.807) is 31.4 Å². The van der Waals surface area contributed by atoms with Gasteiger partial charge in [-0.05, 0) is 79.4 Å². The summed E-state index contributed by atoms with van der Waals surface area (Å²) in [5.74, 6) is 1.27. The van der Waals surface area contributed by atoms with E-state index in [2.05, 4.69) is 5.32 Å². The molecule has 2 atom stereocenters. The highest BCUT2D eigenvalue weighted by Gasteiger charge is 2.38. The quantitative estimate of drug-likeness (QED) is 0.465. The van der Waals surface area contributed by atoms with Gasteiger partial charge in [-0.25, -0.2) is 8.42 Å². The van der Waals surface area contributed by atoms with Crippen molar-refractivity contribution in [1.29, 1.82) is 0 Å². The second-order valence-corrected chi connectivity index (χ2v) is 10.9. The van der Waals surface area contributed by atoms with Gasteiger partial charge in [0, 0.05) is 0 Å². The minimum absolute atomic E-state index is 0.0990. The van der Waals surface area contributed by atoms with E-state index in [0.29, 0.717) is 23.6 Å². The van der Waals surface area contributed by atoms with E-state index in [-0.39, 0.29) is 23.4 Å². The molecule has 0 aromatic heterocycles.